The summed E-state index contributed by atoms with van der Waals surface area (Å²) in [5, 5.41) is 3.87. The summed E-state index contributed by atoms with van der Waals surface area (Å²) in [4.78, 5) is 45.2. The quantitative estimate of drug-likeness (QED) is 0.654. The molecule has 4 heterocycles. The van der Waals surface area contributed by atoms with E-state index in [4.69, 9.17) is 16.3 Å². The predicted octanol–water partition coefficient (Wildman–Crippen LogP) is 2.00. The molecule has 182 valence electrons. The van der Waals surface area contributed by atoms with Gasteiger partial charge in [-0.05, 0) is 48.1 Å². The number of aromatic nitrogens is 1. The number of amides is 3. The number of carbonyl (C=O) groups excluding carboxylic acids is 3. The Hall–Kier alpha value is -2.97. The highest BCUT2D eigenvalue weighted by molar-refractivity contribution is 6.31. The van der Waals surface area contributed by atoms with E-state index in [2.05, 4.69) is 10.3 Å². The van der Waals surface area contributed by atoms with Gasteiger partial charge >= 0.3 is 0 Å². The Morgan fingerprint density at radius 2 is 1.86 bits per heavy atom. The summed E-state index contributed by atoms with van der Waals surface area (Å²) >= 11 is 6.52. The molecule has 1 aromatic carbocycles. The molecular weight excluding hydrogens is 468 g/mol. The number of rotatable bonds is 4. The fourth-order valence-electron chi connectivity index (χ4n) is 5.79. The van der Waals surface area contributed by atoms with Crippen LogP contribution in [-0.4, -0.2) is 71.3 Å². The van der Waals surface area contributed by atoms with E-state index < -0.39 is 6.10 Å². The monoisotopic (exact) mass is 494 g/mol. The molecule has 1 unspecified atom stereocenters. The van der Waals surface area contributed by atoms with E-state index in [-0.39, 0.29) is 23.6 Å². The average molecular weight is 495 g/mol. The molecule has 4 aliphatic rings. The minimum atomic E-state index is -0.546. The van der Waals surface area contributed by atoms with Crippen molar-refractivity contribution in [3.05, 3.63) is 46.2 Å². The molecule has 8 nitrogen and oxygen atoms in total. The summed E-state index contributed by atoms with van der Waals surface area (Å²) in [5.74, 6) is 0.704. The van der Waals surface area contributed by atoms with Crippen LogP contribution in [0, 0.1) is 5.92 Å². The zero-order chi connectivity index (χ0) is 24.1. The van der Waals surface area contributed by atoms with Crippen molar-refractivity contribution >= 4 is 29.3 Å². The van der Waals surface area contributed by atoms with E-state index in [1.807, 2.05) is 23.1 Å². The van der Waals surface area contributed by atoms with Crippen LogP contribution in [0.4, 0.5) is 0 Å². The molecule has 3 amide bonds. The minimum Gasteiger partial charge on any atom is -0.479 e. The summed E-state index contributed by atoms with van der Waals surface area (Å²) < 4.78 is 6.30. The second kappa shape index (κ2) is 8.91. The lowest BCUT2D eigenvalue weighted by molar-refractivity contribution is -0.139. The molecule has 1 aliphatic carbocycles. The zero-order valence-corrected chi connectivity index (χ0v) is 20.1. The molecule has 1 N–H and O–H groups in total. The number of carbonyl (C=O) groups is 3. The molecule has 0 spiro atoms. The third-order valence-corrected chi connectivity index (χ3v) is 7.72. The Balaban J connectivity index is 1.27. The van der Waals surface area contributed by atoms with E-state index in [1.165, 1.54) is 4.90 Å². The number of nitrogens with one attached hydrogen (secondary N) is 1. The topological polar surface area (TPSA) is 91.8 Å². The maximum atomic E-state index is 13.1. The normalized spacial score (nSPS) is 23.5. The van der Waals surface area contributed by atoms with Crippen LogP contribution in [0.25, 0.3) is 11.1 Å². The number of halogens is 1. The molecule has 2 saturated heterocycles. The number of hydrogen-bond donors (Lipinski definition) is 1. The highest BCUT2D eigenvalue weighted by atomic mass is 35.5. The van der Waals surface area contributed by atoms with Crippen molar-refractivity contribution in [1.29, 1.82) is 0 Å². The van der Waals surface area contributed by atoms with Gasteiger partial charge in [0, 0.05) is 80.0 Å². The summed E-state index contributed by atoms with van der Waals surface area (Å²) in [6.07, 6.45) is 3.79. The molecule has 35 heavy (non-hydrogen) atoms. The number of hydrogen-bond acceptors (Lipinski definition) is 6. The number of nitrogens with zero attached hydrogens (tertiary/aromatic N) is 3. The van der Waals surface area contributed by atoms with E-state index in [9.17, 15) is 14.4 Å². The third-order valence-electron chi connectivity index (χ3n) is 7.51. The van der Waals surface area contributed by atoms with Gasteiger partial charge in [-0.15, -0.1) is 0 Å². The van der Waals surface area contributed by atoms with Gasteiger partial charge in [0.15, 0.2) is 6.10 Å². The Labute approximate surface area is 208 Å². The van der Waals surface area contributed by atoms with Crippen LogP contribution in [0.5, 0.6) is 5.75 Å². The third kappa shape index (κ3) is 4.08. The first kappa shape index (κ1) is 22.5. The van der Waals surface area contributed by atoms with E-state index in [0.29, 0.717) is 56.1 Å². The lowest BCUT2D eigenvalue weighted by atomic mass is 9.95. The smallest absolute Gasteiger partial charge is 0.264 e. The first-order valence-electron chi connectivity index (χ1n) is 12.3. The molecule has 2 aromatic rings. The van der Waals surface area contributed by atoms with E-state index in [1.54, 1.807) is 6.20 Å². The Morgan fingerprint density at radius 1 is 1.09 bits per heavy atom. The average Bonchev–Trinajstić information content (AvgIpc) is 3.56. The molecule has 0 radical (unpaired) electrons. The van der Waals surface area contributed by atoms with Gasteiger partial charge < -0.3 is 15.0 Å². The second-order valence-corrected chi connectivity index (χ2v) is 10.2. The van der Waals surface area contributed by atoms with Crippen molar-refractivity contribution in [2.24, 2.45) is 5.92 Å². The molecule has 2 atom stereocenters. The van der Waals surface area contributed by atoms with Crippen LogP contribution in [0.15, 0.2) is 24.4 Å². The molecule has 1 aromatic heterocycles. The van der Waals surface area contributed by atoms with Gasteiger partial charge in [-0.1, -0.05) is 11.6 Å². The molecule has 0 saturated carbocycles. The summed E-state index contributed by atoms with van der Waals surface area (Å²) in [5.41, 5.74) is 4.88. The van der Waals surface area contributed by atoms with Crippen LogP contribution in [0.2, 0.25) is 5.02 Å². The largest absolute Gasteiger partial charge is 0.479 e. The fraction of sp³-hybridized carbons (Fsp3) is 0.462. The van der Waals surface area contributed by atoms with Crippen molar-refractivity contribution in [2.45, 2.75) is 38.2 Å². The number of piperazine rings is 1. The van der Waals surface area contributed by atoms with E-state index >= 15 is 0 Å². The molecule has 6 rings (SSSR count). The number of benzene rings is 1. The van der Waals surface area contributed by atoms with Gasteiger partial charge in [0.1, 0.15) is 5.75 Å². The van der Waals surface area contributed by atoms with E-state index in [0.717, 1.165) is 47.5 Å². The zero-order valence-electron chi connectivity index (χ0n) is 19.4. The second-order valence-electron chi connectivity index (χ2n) is 9.78. The van der Waals surface area contributed by atoms with Gasteiger partial charge in [0.25, 0.3) is 5.91 Å². The first-order valence-corrected chi connectivity index (χ1v) is 12.6. The molecule has 9 heteroatoms. The van der Waals surface area contributed by atoms with Gasteiger partial charge in [0.2, 0.25) is 11.8 Å². The predicted molar refractivity (Wildman–Crippen MR) is 129 cm³/mol. The van der Waals surface area contributed by atoms with Gasteiger partial charge in [-0.25, -0.2) is 0 Å². The van der Waals surface area contributed by atoms with Crippen molar-refractivity contribution in [1.82, 2.24) is 20.1 Å². The lowest BCUT2D eigenvalue weighted by Crippen LogP contribution is -2.50. The Bertz CT molecular complexity index is 1210. The highest BCUT2D eigenvalue weighted by Gasteiger charge is 2.37. The summed E-state index contributed by atoms with van der Waals surface area (Å²) in [6, 6.07) is 5.75. The Morgan fingerprint density at radius 3 is 2.63 bits per heavy atom. The van der Waals surface area contributed by atoms with Crippen LogP contribution in [-0.2, 0) is 33.6 Å². The maximum absolute atomic E-state index is 13.1. The number of ether oxygens (including phenoxy) is 1. The first-order chi connectivity index (χ1) is 17.0. The van der Waals surface area contributed by atoms with Crippen molar-refractivity contribution < 1.29 is 19.1 Å². The summed E-state index contributed by atoms with van der Waals surface area (Å²) in [6.45, 7) is 3.38. The van der Waals surface area contributed by atoms with Crippen molar-refractivity contribution in [3.8, 4) is 16.9 Å². The number of imide groups is 1. The molecular formula is C26H27ClN4O4. The highest BCUT2D eigenvalue weighted by Crippen LogP contribution is 2.44. The maximum Gasteiger partial charge on any atom is 0.264 e. The Kier molecular flexibility index (Phi) is 5.73. The van der Waals surface area contributed by atoms with Gasteiger partial charge in [0.05, 0.1) is 0 Å². The molecule has 0 bridgehead atoms. The van der Waals surface area contributed by atoms with Crippen LogP contribution < -0.4 is 10.1 Å². The molecule has 3 aliphatic heterocycles. The molecule has 2 fully saturated rings. The summed E-state index contributed by atoms with van der Waals surface area (Å²) in [7, 11) is 0. The standard InChI is InChI=1S/C26H27ClN4O4/c27-17-11-16-12-22(26(34)30-7-5-28-6-8-30)35-25(16)20(13-17)18-3-4-29-21-10-15(9-19(18)21)14-31-23(32)1-2-24(31)33/h3-4,11,13,15,22,28H,1-2,5-10,12,14H2/t15?,22-/m1/s1. The minimum absolute atomic E-state index is 0.0183. The van der Waals surface area contributed by atoms with Gasteiger partial charge in [-0.2, -0.15) is 0 Å². The lowest BCUT2D eigenvalue weighted by Gasteiger charge is -2.29. The number of fused-ring (bicyclic) bond motifs is 2. The van der Waals surface area contributed by atoms with Gasteiger partial charge in [-0.3, -0.25) is 24.3 Å². The van der Waals surface area contributed by atoms with Crippen molar-refractivity contribution in [3.63, 3.8) is 0 Å². The van der Waals surface area contributed by atoms with Crippen LogP contribution in [0.1, 0.15) is 29.7 Å². The van der Waals surface area contributed by atoms with Crippen LogP contribution >= 0.6 is 11.6 Å². The van der Waals surface area contributed by atoms with Crippen LogP contribution in [0.3, 0.4) is 0 Å². The number of pyridine rings is 1. The SMILES string of the molecule is O=C([C@H]1Cc2cc(Cl)cc(-c3ccnc4c3CC(CN3C(=O)CCC3=O)C4)c2O1)N1CCNCC1. The number of likely N-dealkylation sites (tertiary alicyclic amines) is 1. The van der Waals surface area contributed by atoms with Crippen molar-refractivity contribution in [2.75, 3.05) is 32.7 Å². The fourth-order valence-corrected chi connectivity index (χ4v) is 6.03.